The largest absolute Gasteiger partial charge is 0.359 e. The molecule has 1 aliphatic rings. The molecular formula is C19H20N6O2S2. The van der Waals surface area contributed by atoms with Gasteiger partial charge in [0.25, 0.3) is 5.91 Å². The SMILES string of the molecule is Cc1ncsc1CCN(C)C(=O)c1cnc2c(c1)N(Cc1cscn1)C(=O)CN2. The molecule has 0 saturated carbocycles. The molecule has 29 heavy (non-hydrogen) atoms. The Labute approximate surface area is 176 Å². The van der Waals surface area contributed by atoms with Crippen molar-refractivity contribution in [2.75, 3.05) is 30.4 Å². The Morgan fingerprint density at radius 2 is 2.17 bits per heavy atom. The van der Waals surface area contributed by atoms with E-state index in [-0.39, 0.29) is 18.4 Å². The summed E-state index contributed by atoms with van der Waals surface area (Å²) in [6.45, 7) is 3.09. The molecule has 0 unspecified atom stereocenters. The first kappa shape index (κ1) is 19.5. The van der Waals surface area contributed by atoms with Crippen molar-refractivity contribution in [2.45, 2.75) is 19.9 Å². The normalized spacial score (nSPS) is 13.2. The van der Waals surface area contributed by atoms with Crippen molar-refractivity contribution in [2.24, 2.45) is 0 Å². The molecule has 3 aromatic heterocycles. The first-order valence-electron chi connectivity index (χ1n) is 9.08. The quantitative estimate of drug-likeness (QED) is 0.649. The number of aromatic nitrogens is 3. The maximum absolute atomic E-state index is 12.9. The van der Waals surface area contributed by atoms with Crippen LogP contribution in [0.4, 0.5) is 11.5 Å². The third-order valence-electron chi connectivity index (χ3n) is 4.78. The molecule has 0 saturated heterocycles. The predicted octanol–water partition coefficient (Wildman–Crippen LogP) is 2.58. The molecule has 2 amide bonds. The van der Waals surface area contributed by atoms with E-state index in [0.717, 1.165) is 17.8 Å². The summed E-state index contributed by atoms with van der Waals surface area (Å²) >= 11 is 3.08. The lowest BCUT2D eigenvalue weighted by molar-refractivity contribution is -0.117. The van der Waals surface area contributed by atoms with Crippen LogP contribution in [0.5, 0.6) is 0 Å². The standard InChI is InChI=1S/C19H20N6O2S2/c1-12-16(29-11-22-12)3-4-24(2)19(27)13-5-15-18(20-6-13)21-7-17(26)25(15)8-14-9-28-10-23-14/h5-6,9-11H,3-4,7-8H2,1-2H3,(H,20,21). The second-order valence-corrected chi connectivity index (χ2v) is 8.40. The Morgan fingerprint density at radius 1 is 1.31 bits per heavy atom. The van der Waals surface area contributed by atoms with Crippen molar-refractivity contribution in [3.8, 4) is 0 Å². The fourth-order valence-corrected chi connectivity index (χ4v) is 4.43. The van der Waals surface area contributed by atoms with Gasteiger partial charge in [-0.05, 0) is 13.0 Å². The summed E-state index contributed by atoms with van der Waals surface area (Å²) in [6.07, 6.45) is 2.31. The number of rotatable bonds is 6. The van der Waals surface area contributed by atoms with Crippen LogP contribution in [0.25, 0.3) is 0 Å². The zero-order valence-electron chi connectivity index (χ0n) is 16.1. The Morgan fingerprint density at radius 3 is 2.90 bits per heavy atom. The Bertz CT molecular complexity index is 1030. The van der Waals surface area contributed by atoms with Gasteiger partial charge < -0.3 is 15.1 Å². The van der Waals surface area contributed by atoms with Gasteiger partial charge in [-0.2, -0.15) is 0 Å². The first-order chi connectivity index (χ1) is 14.0. The number of nitrogens with zero attached hydrogens (tertiary/aromatic N) is 5. The molecule has 0 bridgehead atoms. The van der Waals surface area contributed by atoms with E-state index in [9.17, 15) is 9.59 Å². The second-order valence-electron chi connectivity index (χ2n) is 6.74. The van der Waals surface area contributed by atoms with Crippen molar-refractivity contribution in [3.63, 3.8) is 0 Å². The highest BCUT2D eigenvalue weighted by Gasteiger charge is 2.27. The molecule has 1 N–H and O–H groups in total. The number of carbonyl (C=O) groups is 2. The van der Waals surface area contributed by atoms with E-state index in [0.29, 0.717) is 30.2 Å². The molecule has 0 atom stereocenters. The first-order valence-corrected chi connectivity index (χ1v) is 10.9. The minimum Gasteiger partial charge on any atom is -0.359 e. The molecule has 0 aromatic carbocycles. The van der Waals surface area contributed by atoms with Crippen LogP contribution in [-0.4, -0.2) is 51.8 Å². The monoisotopic (exact) mass is 428 g/mol. The summed E-state index contributed by atoms with van der Waals surface area (Å²) in [5.41, 5.74) is 6.43. The zero-order valence-corrected chi connectivity index (χ0v) is 17.7. The molecule has 4 heterocycles. The van der Waals surface area contributed by atoms with E-state index in [1.54, 1.807) is 46.0 Å². The Kier molecular flexibility index (Phi) is 5.54. The summed E-state index contributed by atoms with van der Waals surface area (Å²) in [6, 6.07) is 1.73. The van der Waals surface area contributed by atoms with Gasteiger partial charge in [-0.3, -0.25) is 9.59 Å². The lowest BCUT2D eigenvalue weighted by atomic mass is 10.1. The van der Waals surface area contributed by atoms with E-state index in [1.807, 2.05) is 17.8 Å². The lowest BCUT2D eigenvalue weighted by Crippen LogP contribution is -2.40. The van der Waals surface area contributed by atoms with Crippen LogP contribution in [0, 0.1) is 6.92 Å². The van der Waals surface area contributed by atoms with Crippen LogP contribution in [-0.2, 0) is 17.8 Å². The number of aryl methyl sites for hydroxylation is 1. The number of thiazole rings is 2. The number of hydrogen-bond donors (Lipinski definition) is 1. The number of fused-ring (bicyclic) bond motifs is 1. The van der Waals surface area contributed by atoms with Gasteiger partial charge in [-0.15, -0.1) is 22.7 Å². The van der Waals surface area contributed by atoms with Crippen molar-refractivity contribution >= 4 is 46.0 Å². The van der Waals surface area contributed by atoms with E-state index >= 15 is 0 Å². The van der Waals surface area contributed by atoms with Gasteiger partial charge in [0, 0.05) is 36.5 Å². The van der Waals surface area contributed by atoms with Crippen LogP contribution in [0.2, 0.25) is 0 Å². The van der Waals surface area contributed by atoms with Crippen LogP contribution in [0.1, 0.15) is 26.6 Å². The fourth-order valence-electron chi connectivity index (χ4n) is 3.11. The number of likely N-dealkylation sites (N-methyl/N-ethyl adjacent to an activating group) is 1. The van der Waals surface area contributed by atoms with Gasteiger partial charge in [0.1, 0.15) is 0 Å². The molecule has 0 aliphatic carbocycles. The van der Waals surface area contributed by atoms with Crippen molar-refractivity contribution < 1.29 is 9.59 Å². The van der Waals surface area contributed by atoms with Gasteiger partial charge in [0.05, 0.1) is 46.7 Å². The minimum absolute atomic E-state index is 0.0778. The van der Waals surface area contributed by atoms with Crippen molar-refractivity contribution in [3.05, 3.63) is 50.5 Å². The molecule has 150 valence electrons. The van der Waals surface area contributed by atoms with Crippen molar-refractivity contribution in [1.29, 1.82) is 0 Å². The van der Waals surface area contributed by atoms with Gasteiger partial charge in [0.2, 0.25) is 5.91 Å². The van der Waals surface area contributed by atoms with Gasteiger partial charge in [0.15, 0.2) is 5.82 Å². The third-order valence-corrected chi connectivity index (χ3v) is 6.41. The van der Waals surface area contributed by atoms with E-state index in [4.69, 9.17) is 0 Å². The Balaban J connectivity index is 1.52. The third kappa shape index (κ3) is 4.13. The molecule has 0 fully saturated rings. The maximum atomic E-state index is 12.9. The summed E-state index contributed by atoms with van der Waals surface area (Å²) in [7, 11) is 1.77. The summed E-state index contributed by atoms with van der Waals surface area (Å²) in [5.74, 6) is 0.388. The molecule has 8 nitrogen and oxygen atoms in total. The summed E-state index contributed by atoms with van der Waals surface area (Å²) in [4.78, 5) is 42.8. The van der Waals surface area contributed by atoms with E-state index < -0.39 is 0 Å². The number of nitrogens with one attached hydrogen (secondary N) is 1. The van der Waals surface area contributed by atoms with Crippen LogP contribution in [0.3, 0.4) is 0 Å². The molecule has 0 radical (unpaired) electrons. The predicted molar refractivity (Wildman–Crippen MR) is 114 cm³/mol. The fraction of sp³-hybridized carbons (Fsp3) is 0.316. The molecule has 3 aromatic rings. The number of amides is 2. The number of hydrogen-bond acceptors (Lipinski definition) is 8. The number of carbonyl (C=O) groups excluding carboxylic acids is 2. The van der Waals surface area contributed by atoms with Gasteiger partial charge >= 0.3 is 0 Å². The lowest BCUT2D eigenvalue weighted by Gasteiger charge is -2.29. The molecule has 0 spiro atoms. The topological polar surface area (TPSA) is 91.3 Å². The molecule has 10 heteroatoms. The Hall–Kier alpha value is -2.85. The average Bonchev–Trinajstić information content (AvgIpc) is 3.39. The number of anilines is 2. The highest BCUT2D eigenvalue weighted by molar-refractivity contribution is 7.09. The van der Waals surface area contributed by atoms with Gasteiger partial charge in [-0.25, -0.2) is 15.0 Å². The summed E-state index contributed by atoms with van der Waals surface area (Å²) in [5, 5.41) is 4.93. The highest BCUT2D eigenvalue weighted by Crippen LogP contribution is 2.30. The van der Waals surface area contributed by atoms with Crippen LogP contribution < -0.4 is 10.2 Å². The van der Waals surface area contributed by atoms with Gasteiger partial charge in [-0.1, -0.05) is 0 Å². The van der Waals surface area contributed by atoms with E-state index in [1.165, 1.54) is 16.2 Å². The minimum atomic E-state index is -0.130. The van der Waals surface area contributed by atoms with E-state index in [2.05, 4.69) is 20.3 Å². The second kappa shape index (κ2) is 8.26. The molecular weight excluding hydrogens is 408 g/mol. The smallest absolute Gasteiger partial charge is 0.255 e. The zero-order chi connectivity index (χ0) is 20.4. The molecule has 4 rings (SSSR count). The maximum Gasteiger partial charge on any atom is 0.255 e. The highest BCUT2D eigenvalue weighted by atomic mass is 32.1. The van der Waals surface area contributed by atoms with Crippen LogP contribution >= 0.6 is 22.7 Å². The van der Waals surface area contributed by atoms with Crippen LogP contribution in [0.15, 0.2) is 28.7 Å². The van der Waals surface area contributed by atoms with Crippen molar-refractivity contribution in [1.82, 2.24) is 19.9 Å². The average molecular weight is 429 g/mol. The summed E-state index contributed by atoms with van der Waals surface area (Å²) < 4.78 is 0. The number of pyridine rings is 1. The molecule has 1 aliphatic heterocycles.